The fourth-order valence-electron chi connectivity index (χ4n) is 4.24. The zero-order valence-corrected chi connectivity index (χ0v) is 16.8. The smallest absolute Gasteiger partial charge is 0.423 e. The lowest BCUT2D eigenvalue weighted by atomic mass is 9.85. The molecule has 2 atom stereocenters. The molecule has 0 bridgehead atoms. The van der Waals surface area contributed by atoms with Crippen LogP contribution in [0.25, 0.3) is 5.65 Å². The van der Waals surface area contributed by atoms with Crippen LogP contribution in [0.3, 0.4) is 0 Å². The molecule has 0 unspecified atom stereocenters. The van der Waals surface area contributed by atoms with E-state index in [9.17, 15) is 13.2 Å². The molecule has 10 heteroatoms. The molecule has 3 aromatic heterocycles. The Labute approximate surface area is 177 Å². The molecule has 5 rings (SSSR count). The molecule has 0 radical (unpaired) electrons. The summed E-state index contributed by atoms with van der Waals surface area (Å²) in [5.41, 5.74) is -0.127. The Bertz CT molecular complexity index is 1060. The summed E-state index contributed by atoms with van der Waals surface area (Å²) in [5, 5.41) is 11.8. The number of hydrogen-bond acceptors (Lipinski definition) is 6. The molecule has 2 aliphatic rings. The fraction of sp³-hybridized carbons (Fsp3) is 0.524. The van der Waals surface area contributed by atoms with Crippen molar-refractivity contribution in [2.24, 2.45) is 0 Å². The van der Waals surface area contributed by atoms with Gasteiger partial charge in [-0.3, -0.25) is 4.40 Å². The van der Waals surface area contributed by atoms with Gasteiger partial charge < -0.3 is 10.1 Å². The largest absolute Gasteiger partial charge is 0.474 e. The van der Waals surface area contributed by atoms with E-state index in [4.69, 9.17) is 4.74 Å². The van der Waals surface area contributed by atoms with Crippen molar-refractivity contribution in [1.82, 2.24) is 24.6 Å². The number of nitrogens with zero attached hydrogens (tertiary/aromatic N) is 5. The minimum absolute atomic E-state index is 0.0306. The number of rotatable bonds is 5. The van der Waals surface area contributed by atoms with Crippen LogP contribution < -0.4 is 10.1 Å². The predicted octanol–water partition coefficient (Wildman–Crippen LogP) is 4.61. The molecule has 0 amide bonds. The van der Waals surface area contributed by atoms with E-state index < -0.39 is 11.7 Å². The highest BCUT2D eigenvalue weighted by molar-refractivity contribution is 5.38. The first kappa shape index (κ1) is 20.0. The maximum Gasteiger partial charge on any atom is 0.423 e. The Hall–Kier alpha value is -2.91. The summed E-state index contributed by atoms with van der Waals surface area (Å²) < 4.78 is 47.6. The van der Waals surface area contributed by atoms with Gasteiger partial charge in [-0.2, -0.15) is 18.2 Å². The zero-order chi connectivity index (χ0) is 21.4. The number of fused-ring (bicyclic) bond motifs is 1. The number of hydrogen-bond donors (Lipinski definition) is 1. The lowest BCUT2D eigenvalue weighted by Gasteiger charge is -2.29. The quantitative estimate of drug-likeness (QED) is 0.635. The maximum absolute atomic E-state index is 13.4. The van der Waals surface area contributed by atoms with E-state index in [1.54, 1.807) is 0 Å². The number of pyridine rings is 1. The monoisotopic (exact) mass is 432 g/mol. The Morgan fingerprint density at radius 1 is 1.06 bits per heavy atom. The summed E-state index contributed by atoms with van der Waals surface area (Å²) in [6, 6.07) is 5.81. The van der Waals surface area contributed by atoms with Crippen LogP contribution in [-0.2, 0) is 6.18 Å². The second kappa shape index (κ2) is 7.97. The van der Waals surface area contributed by atoms with Gasteiger partial charge in [0.05, 0.1) is 0 Å². The second-order valence-electron chi connectivity index (χ2n) is 8.27. The first-order chi connectivity index (χ1) is 15.0. The third kappa shape index (κ3) is 4.15. The molecule has 31 heavy (non-hydrogen) atoms. The Kier molecular flexibility index (Phi) is 5.15. The minimum Gasteiger partial charge on any atom is -0.474 e. The van der Waals surface area contributed by atoms with Crippen LogP contribution in [0.2, 0.25) is 0 Å². The van der Waals surface area contributed by atoms with Crippen molar-refractivity contribution in [3.05, 3.63) is 42.0 Å². The van der Waals surface area contributed by atoms with Crippen LogP contribution in [0.4, 0.5) is 19.1 Å². The summed E-state index contributed by atoms with van der Waals surface area (Å²) in [4.78, 5) is 8.03. The highest BCUT2D eigenvalue weighted by atomic mass is 19.4. The topological polar surface area (TPSA) is 77.2 Å². The fourth-order valence-corrected chi connectivity index (χ4v) is 4.24. The van der Waals surface area contributed by atoms with E-state index in [0.717, 1.165) is 62.6 Å². The first-order valence-corrected chi connectivity index (χ1v) is 10.6. The molecule has 0 aromatic carbocycles. The van der Waals surface area contributed by atoms with Gasteiger partial charge in [0.1, 0.15) is 17.5 Å². The maximum atomic E-state index is 13.4. The van der Waals surface area contributed by atoms with Gasteiger partial charge in [0.25, 0.3) is 0 Å². The molecule has 2 fully saturated rings. The lowest BCUT2D eigenvalue weighted by molar-refractivity contribution is -0.140. The van der Waals surface area contributed by atoms with Gasteiger partial charge in [-0.15, -0.1) is 10.2 Å². The summed E-state index contributed by atoms with van der Waals surface area (Å²) in [7, 11) is 0. The molecule has 7 nitrogen and oxygen atoms in total. The van der Waals surface area contributed by atoms with Crippen molar-refractivity contribution in [3.8, 4) is 5.88 Å². The number of aromatic nitrogens is 5. The van der Waals surface area contributed by atoms with Crippen LogP contribution in [0, 0.1) is 0 Å². The average Bonchev–Trinajstić information content (AvgIpc) is 3.14. The molecule has 1 N–H and O–H groups in total. The highest BCUT2D eigenvalue weighted by Crippen LogP contribution is 2.38. The third-order valence-corrected chi connectivity index (χ3v) is 6.10. The van der Waals surface area contributed by atoms with Crippen LogP contribution in [0.1, 0.15) is 62.3 Å². The highest BCUT2D eigenvalue weighted by Gasteiger charge is 2.38. The van der Waals surface area contributed by atoms with Crippen LogP contribution >= 0.6 is 0 Å². The molecular formula is C21H23F3N6O. The second-order valence-corrected chi connectivity index (χ2v) is 8.27. The summed E-state index contributed by atoms with van der Waals surface area (Å²) in [5.74, 6) is 0.887. The van der Waals surface area contributed by atoms with E-state index in [1.807, 2.05) is 28.8 Å². The lowest BCUT2D eigenvalue weighted by Crippen LogP contribution is -2.29. The molecule has 3 aromatic rings. The van der Waals surface area contributed by atoms with Crippen LogP contribution in [0.15, 0.2) is 30.6 Å². The number of ether oxygens (including phenoxy) is 1. The van der Waals surface area contributed by atoms with E-state index in [-0.39, 0.29) is 29.9 Å². The Morgan fingerprint density at radius 3 is 2.68 bits per heavy atom. The number of nitrogens with one attached hydrogen (secondary N) is 1. The standard InChI is InChI=1S/C21H23F3N6O/c22-21(23,24)16-12-25-20(27-19(16)31-15-7-4-8-15)26-14-6-3-5-13(11-14)18-29-28-17-9-1-2-10-30(17)18/h1-2,9-10,12-15H,3-8,11H2,(H,25,26,27)/t13-,14+/m0/s1. The SMILES string of the molecule is FC(F)(F)c1cnc(N[C@@H]2CCC[C@H](c3nnc4ccccn34)C2)nc1OC1CCC1. The Morgan fingerprint density at radius 2 is 1.90 bits per heavy atom. The van der Waals surface area contributed by atoms with Crippen molar-refractivity contribution in [2.75, 3.05) is 5.32 Å². The van der Waals surface area contributed by atoms with Crippen LogP contribution in [0.5, 0.6) is 5.88 Å². The summed E-state index contributed by atoms with van der Waals surface area (Å²) >= 11 is 0. The Balaban J connectivity index is 1.33. The van der Waals surface area contributed by atoms with Gasteiger partial charge in [0.2, 0.25) is 11.8 Å². The van der Waals surface area contributed by atoms with Gasteiger partial charge in [-0.05, 0) is 50.7 Å². The number of alkyl halides is 3. The molecule has 2 saturated carbocycles. The summed E-state index contributed by atoms with van der Waals surface area (Å²) in [6.45, 7) is 0. The van der Waals surface area contributed by atoms with Crippen LogP contribution in [-0.4, -0.2) is 36.7 Å². The molecule has 164 valence electrons. The molecular weight excluding hydrogens is 409 g/mol. The van der Waals surface area contributed by atoms with E-state index in [1.165, 1.54) is 0 Å². The summed E-state index contributed by atoms with van der Waals surface area (Å²) in [6.07, 6.45) is 4.08. The zero-order valence-electron chi connectivity index (χ0n) is 16.8. The van der Waals surface area contributed by atoms with E-state index in [2.05, 4.69) is 25.5 Å². The van der Waals surface area contributed by atoms with Gasteiger partial charge in [0.15, 0.2) is 5.65 Å². The number of anilines is 1. The van der Waals surface area contributed by atoms with Crippen molar-refractivity contribution < 1.29 is 17.9 Å². The van der Waals surface area contributed by atoms with Gasteiger partial charge >= 0.3 is 6.18 Å². The molecule has 2 aliphatic carbocycles. The third-order valence-electron chi connectivity index (χ3n) is 6.10. The van der Waals surface area contributed by atoms with Crippen molar-refractivity contribution in [2.45, 2.75) is 69.2 Å². The molecule has 0 aliphatic heterocycles. The molecule has 0 spiro atoms. The van der Waals surface area contributed by atoms with E-state index in [0.29, 0.717) is 0 Å². The predicted molar refractivity (Wildman–Crippen MR) is 107 cm³/mol. The first-order valence-electron chi connectivity index (χ1n) is 10.6. The van der Waals surface area contributed by atoms with Crippen molar-refractivity contribution in [1.29, 1.82) is 0 Å². The average molecular weight is 432 g/mol. The molecule has 0 saturated heterocycles. The van der Waals surface area contributed by atoms with Gasteiger partial charge in [0, 0.05) is 24.4 Å². The van der Waals surface area contributed by atoms with Gasteiger partial charge in [-0.25, -0.2) is 4.98 Å². The number of halogens is 3. The van der Waals surface area contributed by atoms with Gasteiger partial charge in [-0.1, -0.05) is 12.5 Å². The van der Waals surface area contributed by atoms with E-state index >= 15 is 0 Å². The molecule has 3 heterocycles. The normalized spacial score (nSPS) is 22.3. The minimum atomic E-state index is -4.55. The van der Waals surface area contributed by atoms with Crippen molar-refractivity contribution >= 4 is 11.6 Å². The van der Waals surface area contributed by atoms with Crippen molar-refractivity contribution in [3.63, 3.8) is 0 Å².